The zero-order valence-electron chi connectivity index (χ0n) is 11.3. The van der Waals surface area contributed by atoms with Crippen molar-refractivity contribution >= 4 is 17.6 Å². The van der Waals surface area contributed by atoms with Gasteiger partial charge in [0, 0.05) is 19.3 Å². The molecule has 6 nitrogen and oxygen atoms in total. The average Bonchev–Trinajstić information content (AvgIpc) is 2.39. The van der Waals surface area contributed by atoms with E-state index in [0.717, 1.165) is 5.69 Å². The average molecular weight is 265 g/mol. The van der Waals surface area contributed by atoms with Crippen LogP contribution < -0.4 is 20.7 Å². The van der Waals surface area contributed by atoms with Crippen molar-refractivity contribution in [3.05, 3.63) is 24.3 Å². The molecule has 0 aromatic heterocycles. The van der Waals surface area contributed by atoms with E-state index >= 15 is 0 Å². The summed E-state index contributed by atoms with van der Waals surface area (Å²) < 4.78 is 5.43. The maximum Gasteiger partial charge on any atom is 0.321 e. The van der Waals surface area contributed by atoms with Gasteiger partial charge in [0.1, 0.15) is 5.75 Å². The van der Waals surface area contributed by atoms with E-state index in [1.54, 1.807) is 26.0 Å². The molecule has 0 aliphatic heterocycles. The number of hydrogen-bond donors (Lipinski definition) is 3. The van der Waals surface area contributed by atoms with Crippen LogP contribution in [-0.2, 0) is 4.79 Å². The molecule has 0 saturated carbocycles. The van der Waals surface area contributed by atoms with Crippen molar-refractivity contribution in [3.63, 3.8) is 0 Å². The van der Waals surface area contributed by atoms with Crippen LogP contribution in [0.3, 0.4) is 0 Å². The Morgan fingerprint density at radius 2 is 1.89 bits per heavy atom. The number of amides is 3. The quantitative estimate of drug-likeness (QED) is 0.750. The molecule has 1 rings (SSSR count). The lowest BCUT2D eigenvalue weighted by Crippen LogP contribution is -2.45. The lowest BCUT2D eigenvalue weighted by Gasteiger charge is -2.14. The number of nitrogens with one attached hydrogen (secondary N) is 3. The van der Waals surface area contributed by atoms with Crippen LogP contribution in [-0.4, -0.2) is 31.6 Å². The van der Waals surface area contributed by atoms with Gasteiger partial charge in [0.15, 0.2) is 6.10 Å². The van der Waals surface area contributed by atoms with Crippen LogP contribution in [0.15, 0.2) is 24.3 Å². The Bertz CT molecular complexity index is 431. The van der Waals surface area contributed by atoms with Gasteiger partial charge >= 0.3 is 6.03 Å². The summed E-state index contributed by atoms with van der Waals surface area (Å²) in [5.41, 5.74) is 0.951. The van der Waals surface area contributed by atoms with Crippen LogP contribution in [0.2, 0.25) is 0 Å². The summed E-state index contributed by atoms with van der Waals surface area (Å²) in [5.74, 6) is 0.0844. The second kappa shape index (κ2) is 7.25. The summed E-state index contributed by atoms with van der Waals surface area (Å²) in [6.45, 7) is 3.81. The third-order valence-corrected chi connectivity index (χ3v) is 2.40. The van der Waals surface area contributed by atoms with Crippen LogP contribution in [0.5, 0.6) is 5.75 Å². The summed E-state index contributed by atoms with van der Waals surface area (Å²) in [4.78, 5) is 22.8. The topological polar surface area (TPSA) is 79.5 Å². The van der Waals surface area contributed by atoms with Gasteiger partial charge in [0.2, 0.25) is 0 Å². The van der Waals surface area contributed by atoms with E-state index in [1.807, 2.05) is 19.2 Å². The van der Waals surface area contributed by atoms with E-state index < -0.39 is 18.0 Å². The number of anilines is 1. The Hall–Kier alpha value is -2.24. The molecule has 0 bridgehead atoms. The van der Waals surface area contributed by atoms with E-state index in [-0.39, 0.29) is 0 Å². The van der Waals surface area contributed by atoms with Crippen molar-refractivity contribution in [3.8, 4) is 5.75 Å². The molecule has 0 saturated heterocycles. The van der Waals surface area contributed by atoms with E-state index in [1.165, 1.54) is 0 Å². The van der Waals surface area contributed by atoms with Gasteiger partial charge in [-0.3, -0.25) is 10.1 Å². The fraction of sp³-hybridized carbons (Fsp3) is 0.385. The smallest absolute Gasteiger partial charge is 0.321 e. The zero-order valence-corrected chi connectivity index (χ0v) is 11.3. The number of ether oxygens (including phenoxy) is 1. The summed E-state index contributed by atoms with van der Waals surface area (Å²) in [5, 5.41) is 7.66. The molecule has 0 heterocycles. The predicted molar refractivity (Wildman–Crippen MR) is 73.3 cm³/mol. The molecular formula is C13H19N3O3. The number of benzene rings is 1. The van der Waals surface area contributed by atoms with Crippen molar-refractivity contribution in [2.75, 3.05) is 18.9 Å². The maximum atomic E-state index is 11.6. The predicted octanol–water partition coefficient (Wildman–Crippen LogP) is 1.34. The molecule has 104 valence electrons. The van der Waals surface area contributed by atoms with Crippen molar-refractivity contribution < 1.29 is 14.3 Å². The van der Waals surface area contributed by atoms with Crippen LogP contribution >= 0.6 is 0 Å². The van der Waals surface area contributed by atoms with Gasteiger partial charge < -0.3 is 15.4 Å². The molecular weight excluding hydrogens is 246 g/mol. The Morgan fingerprint density at radius 3 is 2.42 bits per heavy atom. The molecule has 1 atom stereocenters. The van der Waals surface area contributed by atoms with E-state index in [0.29, 0.717) is 12.3 Å². The SMILES string of the molecule is CCNC(=O)NC(=O)C(C)Oc1ccc(NC)cc1. The van der Waals surface area contributed by atoms with Crippen molar-refractivity contribution in [2.45, 2.75) is 20.0 Å². The minimum absolute atomic E-state index is 0.458. The third kappa shape index (κ3) is 4.87. The van der Waals surface area contributed by atoms with Crippen molar-refractivity contribution in [1.82, 2.24) is 10.6 Å². The van der Waals surface area contributed by atoms with Crippen LogP contribution in [0, 0.1) is 0 Å². The van der Waals surface area contributed by atoms with E-state index in [9.17, 15) is 9.59 Å². The van der Waals surface area contributed by atoms with Crippen LogP contribution in [0.4, 0.5) is 10.5 Å². The number of rotatable bonds is 5. The Labute approximate surface area is 112 Å². The fourth-order valence-corrected chi connectivity index (χ4v) is 1.38. The number of hydrogen-bond acceptors (Lipinski definition) is 4. The molecule has 1 aromatic rings. The third-order valence-electron chi connectivity index (χ3n) is 2.40. The molecule has 3 N–H and O–H groups in total. The Kier molecular flexibility index (Phi) is 5.66. The highest BCUT2D eigenvalue weighted by molar-refractivity contribution is 5.96. The van der Waals surface area contributed by atoms with Crippen LogP contribution in [0.1, 0.15) is 13.8 Å². The maximum absolute atomic E-state index is 11.6. The van der Waals surface area contributed by atoms with Gasteiger partial charge in [-0.1, -0.05) is 0 Å². The first kappa shape index (κ1) is 14.8. The summed E-state index contributed by atoms with van der Waals surface area (Å²) in [6, 6.07) is 6.66. The van der Waals surface area contributed by atoms with Gasteiger partial charge in [-0.05, 0) is 38.1 Å². The lowest BCUT2D eigenvalue weighted by atomic mass is 10.3. The molecule has 0 aliphatic carbocycles. The van der Waals surface area contributed by atoms with E-state index in [4.69, 9.17) is 4.74 Å². The van der Waals surface area contributed by atoms with Crippen molar-refractivity contribution in [2.24, 2.45) is 0 Å². The number of carbonyl (C=O) groups is 2. The summed E-state index contributed by atoms with van der Waals surface area (Å²) >= 11 is 0. The molecule has 1 aromatic carbocycles. The molecule has 6 heteroatoms. The fourth-order valence-electron chi connectivity index (χ4n) is 1.38. The molecule has 0 fully saturated rings. The first-order valence-corrected chi connectivity index (χ1v) is 6.10. The highest BCUT2D eigenvalue weighted by Crippen LogP contribution is 2.16. The Morgan fingerprint density at radius 1 is 1.26 bits per heavy atom. The summed E-state index contributed by atoms with van der Waals surface area (Å²) in [6.07, 6.45) is -0.747. The van der Waals surface area contributed by atoms with Gasteiger partial charge in [-0.15, -0.1) is 0 Å². The lowest BCUT2D eigenvalue weighted by molar-refractivity contribution is -0.126. The first-order valence-electron chi connectivity index (χ1n) is 6.10. The second-order valence-corrected chi connectivity index (χ2v) is 3.88. The molecule has 3 amide bonds. The number of urea groups is 1. The first-order chi connectivity index (χ1) is 9.06. The van der Waals surface area contributed by atoms with Crippen LogP contribution in [0.25, 0.3) is 0 Å². The summed E-state index contributed by atoms with van der Waals surface area (Å²) in [7, 11) is 1.82. The molecule has 0 radical (unpaired) electrons. The van der Waals surface area contributed by atoms with Gasteiger partial charge in [-0.25, -0.2) is 4.79 Å². The Balaban J connectivity index is 2.50. The standard InChI is InChI=1S/C13H19N3O3/c1-4-15-13(18)16-12(17)9(2)19-11-7-5-10(14-3)6-8-11/h5-9,14H,4H2,1-3H3,(H2,15,16,17,18). The monoisotopic (exact) mass is 265 g/mol. The van der Waals surface area contributed by atoms with Gasteiger partial charge in [0.25, 0.3) is 5.91 Å². The number of carbonyl (C=O) groups excluding carboxylic acids is 2. The molecule has 0 spiro atoms. The largest absolute Gasteiger partial charge is 0.481 e. The second-order valence-electron chi connectivity index (χ2n) is 3.88. The molecule has 19 heavy (non-hydrogen) atoms. The number of imide groups is 1. The zero-order chi connectivity index (χ0) is 14.3. The minimum Gasteiger partial charge on any atom is -0.481 e. The van der Waals surface area contributed by atoms with Gasteiger partial charge in [0.05, 0.1) is 0 Å². The van der Waals surface area contributed by atoms with Gasteiger partial charge in [-0.2, -0.15) is 0 Å². The normalized spacial score (nSPS) is 11.3. The highest BCUT2D eigenvalue weighted by Gasteiger charge is 2.16. The van der Waals surface area contributed by atoms with E-state index in [2.05, 4.69) is 16.0 Å². The molecule has 0 aliphatic rings. The molecule has 1 unspecified atom stereocenters. The highest BCUT2D eigenvalue weighted by atomic mass is 16.5. The minimum atomic E-state index is -0.747. The van der Waals surface area contributed by atoms with Crippen molar-refractivity contribution in [1.29, 1.82) is 0 Å².